The second kappa shape index (κ2) is 1.82. The minimum absolute atomic E-state index is 0.220. The highest BCUT2D eigenvalue weighted by atomic mass is 16.3. The van der Waals surface area contributed by atoms with E-state index in [-0.39, 0.29) is 11.0 Å². The zero-order valence-corrected chi connectivity index (χ0v) is 7.72. The topological polar surface area (TPSA) is 20.2 Å². The van der Waals surface area contributed by atoms with Gasteiger partial charge >= 0.3 is 0 Å². The average molecular weight is 154 g/mol. The van der Waals surface area contributed by atoms with Crippen LogP contribution in [0.3, 0.4) is 0 Å². The molecule has 0 aromatic heterocycles. The molecule has 2 aliphatic rings. The zero-order valence-electron chi connectivity index (χ0n) is 7.72. The lowest BCUT2D eigenvalue weighted by Crippen LogP contribution is -2.21. The van der Waals surface area contributed by atoms with Gasteiger partial charge in [0.1, 0.15) is 0 Å². The molecule has 2 aliphatic carbocycles. The van der Waals surface area contributed by atoms with E-state index in [1.807, 2.05) is 0 Å². The smallest absolute Gasteiger partial charge is 0.0736 e. The Morgan fingerprint density at radius 2 is 2.00 bits per heavy atom. The summed E-state index contributed by atoms with van der Waals surface area (Å²) in [5.74, 6) is 1.43. The summed E-state index contributed by atoms with van der Waals surface area (Å²) >= 11 is 0. The van der Waals surface area contributed by atoms with Gasteiger partial charge in [-0.25, -0.2) is 0 Å². The predicted octanol–water partition coefficient (Wildman–Crippen LogP) is 2.19. The van der Waals surface area contributed by atoms with Crippen LogP contribution in [0.1, 0.15) is 40.0 Å². The maximum Gasteiger partial charge on any atom is 0.0736 e. The second-order valence-electron chi connectivity index (χ2n) is 5.08. The van der Waals surface area contributed by atoms with Gasteiger partial charge in [0.05, 0.1) is 5.60 Å². The summed E-state index contributed by atoms with van der Waals surface area (Å²) in [6, 6.07) is 0. The molecule has 0 spiro atoms. The number of hydrogen-bond acceptors (Lipinski definition) is 1. The molecule has 3 atom stereocenters. The van der Waals surface area contributed by atoms with Gasteiger partial charge in [0.15, 0.2) is 0 Å². The number of hydrogen-bond donors (Lipinski definition) is 1. The third-order valence-corrected chi connectivity index (χ3v) is 4.14. The first-order chi connectivity index (χ1) is 4.98. The molecule has 1 heteroatoms. The van der Waals surface area contributed by atoms with E-state index in [0.717, 1.165) is 12.3 Å². The Morgan fingerprint density at radius 3 is 2.45 bits per heavy atom. The molecule has 1 nitrogen and oxygen atoms in total. The molecule has 0 aromatic carbocycles. The van der Waals surface area contributed by atoms with Crippen LogP contribution in [-0.2, 0) is 0 Å². The fourth-order valence-corrected chi connectivity index (χ4v) is 2.91. The van der Waals surface area contributed by atoms with Gasteiger partial charge in [-0.3, -0.25) is 0 Å². The lowest BCUT2D eigenvalue weighted by molar-refractivity contribution is 0.0679. The van der Waals surface area contributed by atoms with Crippen LogP contribution in [0.2, 0.25) is 0 Å². The van der Waals surface area contributed by atoms with E-state index in [1.165, 1.54) is 12.8 Å². The van der Waals surface area contributed by atoms with Gasteiger partial charge in [-0.1, -0.05) is 20.8 Å². The van der Waals surface area contributed by atoms with Crippen LogP contribution in [0.5, 0.6) is 0 Å². The molecule has 0 aromatic rings. The first-order valence-corrected chi connectivity index (χ1v) is 4.71. The van der Waals surface area contributed by atoms with Crippen LogP contribution >= 0.6 is 0 Å². The second-order valence-corrected chi connectivity index (χ2v) is 5.08. The summed E-state index contributed by atoms with van der Waals surface area (Å²) in [4.78, 5) is 0. The summed E-state index contributed by atoms with van der Waals surface area (Å²) in [7, 11) is 0. The molecule has 11 heavy (non-hydrogen) atoms. The van der Waals surface area contributed by atoms with Crippen LogP contribution in [0, 0.1) is 17.3 Å². The minimum atomic E-state index is -0.278. The molecule has 3 unspecified atom stereocenters. The Kier molecular flexibility index (Phi) is 1.26. The summed E-state index contributed by atoms with van der Waals surface area (Å²) in [6.45, 7) is 6.71. The van der Waals surface area contributed by atoms with E-state index in [1.54, 1.807) is 0 Å². The molecule has 0 bridgehead atoms. The SMILES string of the molecule is CC1CCC2(O)C(C1)C2(C)C. The molecule has 2 fully saturated rings. The van der Waals surface area contributed by atoms with E-state index in [0.29, 0.717) is 5.92 Å². The van der Waals surface area contributed by atoms with Crippen molar-refractivity contribution in [3.05, 3.63) is 0 Å². The maximum atomic E-state index is 10.1. The normalized spacial score (nSPS) is 53.5. The van der Waals surface area contributed by atoms with Crippen LogP contribution in [0.4, 0.5) is 0 Å². The van der Waals surface area contributed by atoms with E-state index in [9.17, 15) is 5.11 Å². The molecule has 2 saturated carbocycles. The van der Waals surface area contributed by atoms with Crippen molar-refractivity contribution in [2.24, 2.45) is 17.3 Å². The molecule has 0 amide bonds. The highest BCUT2D eigenvalue weighted by Crippen LogP contribution is 2.68. The van der Waals surface area contributed by atoms with Crippen molar-refractivity contribution in [1.82, 2.24) is 0 Å². The summed E-state index contributed by atoms with van der Waals surface area (Å²) in [5, 5.41) is 10.1. The Balaban J connectivity index is 2.16. The van der Waals surface area contributed by atoms with Crippen LogP contribution in [-0.4, -0.2) is 10.7 Å². The maximum absolute atomic E-state index is 10.1. The van der Waals surface area contributed by atoms with Crippen LogP contribution < -0.4 is 0 Å². The monoisotopic (exact) mass is 154 g/mol. The fourth-order valence-electron chi connectivity index (χ4n) is 2.91. The highest BCUT2D eigenvalue weighted by Gasteiger charge is 2.70. The van der Waals surface area contributed by atoms with Gasteiger partial charge in [0, 0.05) is 0 Å². The summed E-state index contributed by atoms with van der Waals surface area (Å²) in [5.41, 5.74) is -0.0583. The van der Waals surface area contributed by atoms with Crippen molar-refractivity contribution >= 4 is 0 Å². The van der Waals surface area contributed by atoms with Crippen molar-refractivity contribution in [2.75, 3.05) is 0 Å². The lowest BCUT2D eigenvalue weighted by atomic mass is 9.89. The van der Waals surface area contributed by atoms with E-state index >= 15 is 0 Å². The molecule has 0 saturated heterocycles. The fraction of sp³-hybridized carbons (Fsp3) is 1.00. The minimum Gasteiger partial charge on any atom is -0.389 e. The first kappa shape index (κ1) is 7.60. The lowest BCUT2D eigenvalue weighted by Gasteiger charge is -2.21. The van der Waals surface area contributed by atoms with Gasteiger partial charge in [0.25, 0.3) is 0 Å². The standard InChI is InChI=1S/C10H18O/c1-7-4-5-10(11)8(6-7)9(10,2)3/h7-8,11H,4-6H2,1-3H3. The van der Waals surface area contributed by atoms with Crippen LogP contribution in [0.15, 0.2) is 0 Å². The molecule has 0 heterocycles. The molecule has 1 N–H and O–H groups in total. The van der Waals surface area contributed by atoms with Gasteiger partial charge < -0.3 is 5.11 Å². The highest BCUT2D eigenvalue weighted by molar-refractivity contribution is 5.20. The Hall–Kier alpha value is -0.0400. The van der Waals surface area contributed by atoms with Crippen molar-refractivity contribution in [3.63, 3.8) is 0 Å². The van der Waals surface area contributed by atoms with Crippen molar-refractivity contribution in [3.8, 4) is 0 Å². The van der Waals surface area contributed by atoms with Crippen molar-refractivity contribution < 1.29 is 5.11 Å². The van der Waals surface area contributed by atoms with E-state index < -0.39 is 0 Å². The van der Waals surface area contributed by atoms with Gasteiger partial charge in [-0.05, 0) is 36.5 Å². The molecular formula is C10H18O. The Bertz CT molecular complexity index is 185. The van der Waals surface area contributed by atoms with Crippen molar-refractivity contribution in [1.29, 1.82) is 0 Å². The Morgan fingerprint density at radius 1 is 1.36 bits per heavy atom. The average Bonchev–Trinajstić information content (AvgIpc) is 2.33. The Labute approximate surface area is 68.8 Å². The predicted molar refractivity (Wildman–Crippen MR) is 45.2 cm³/mol. The number of aliphatic hydroxyl groups is 1. The first-order valence-electron chi connectivity index (χ1n) is 4.71. The zero-order chi connectivity index (χ0) is 8.28. The number of rotatable bonds is 0. The quantitative estimate of drug-likeness (QED) is 0.567. The van der Waals surface area contributed by atoms with E-state index in [4.69, 9.17) is 0 Å². The van der Waals surface area contributed by atoms with Crippen LogP contribution in [0.25, 0.3) is 0 Å². The van der Waals surface area contributed by atoms with Gasteiger partial charge in [-0.2, -0.15) is 0 Å². The summed E-state index contributed by atoms with van der Waals surface area (Å²) in [6.07, 6.45) is 3.49. The molecular weight excluding hydrogens is 136 g/mol. The molecule has 64 valence electrons. The molecule has 2 rings (SSSR count). The largest absolute Gasteiger partial charge is 0.389 e. The van der Waals surface area contributed by atoms with E-state index in [2.05, 4.69) is 20.8 Å². The van der Waals surface area contributed by atoms with Gasteiger partial charge in [0.2, 0.25) is 0 Å². The van der Waals surface area contributed by atoms with Crippen molar-refractivity contribution in [2.45, 2.75) is 45.6 Å². The summed E-state index contributed by atoms with van der Waals surface area (Å²) < 4.78 is 0. The van der Waals surface area contributed by atoms with Gasteiger partial charge in [-0.15, -0.1) is 0 Å². The third kappa shape index (κ3) is 0.752. The third-order valence-electron chi connectivity index (χ3n) is 4.14. The molecule has 0 radical (unpaired) electrons. The molecule has 0 aliphatic heterocycles. The number of fused-ring (bicyclic) bond motifs is 1.